The number of para-hydroxylation sites is 1. The molecule has 1 saturated heterocycles. The van der Waals surface area contributed by atoms with Crippen molar-refractivity contribution in [2.24, 2.45) is 0 Å². The predicted octanol–water partition coefficient (Wildman–Crippen LogP) is 2.65. The molecule has 31 heavy (non-hydrogen) atoms. The second kappa shape index (κ2) is 9.82. The van der Waals surface area contributed by atoms with Crippen LogP contribution in [0.1, 0.15) is 10.4 Å². The number of hydrogen-bond acceptors (Lipinski definition) is 6. The Morgan fingerprint density at radius 1 is 1.00 bits per heavy atom. The minimum atomic E-state index is -3.68. The van der Waals surface area contributed by atoms with Crippen molar-refractivity contribution >= 4 is 38.6 Å². The molecule has 0 atom stereocenters. The number of hydrogen-bond donors (Lipinski definition) is 1. The third-order valence-electron chi connectivity index (χ3n) is 4.89. The quantitative estimate of drug-likeness (QED) is 0.687. The molecule has 1 aliphatic heterocycles. The van der Waals surface area contributed by atoms with Gasteiger partial charge in [0.2, 0.25) is 10.0 Å². The summed E-state index contributed by atoms with van der Waals surface area (Å²) in [6, 6.07) is 13.0. The lowest BCUT2D eigenvalue weighted by atomic mass is 10.2. The van der Waals surface area contributed by atoms with E-state index in [0.717, 1.165) is 11.8 Å². The Hall–Kier alpha value is -2.40. The number of carbonyl (C=O) groups is 2. The van der Waals surface area contributed by atoms with Crippen molar-refractivity contribution in [3.63, 3.8) is 0 Å². The summed E-state index contributed by atoms with van der Waals surface area (Å²) in [5, 5.41) is 2.62. The van der Waals surface area contributed by atoms with Crippen molar-refractivity contribution in [3.05, 3.63) is 54.1 Å². The highest BCUT2D eigenvalue weighted by Gasteiger charge is 2.28. The van der Waals surface area contributed by atoms with Gasteiger partial charge in [-0.25, -0.2) is 8.42 Å². The van der Waals surface area contributed by atoms with E-state index in [-0.39, 0.29) is 15.7 Å². The van der Waals surface area contributed by atoms with Crippen molar-refractivity contribution < 1.29 is 18.0 Å². The molecule has 2 aromatic carbocycles. The maximum atomic E-state index is 13.0. The number of piperazine rings is 1. The highest BCUT2D eigenvalue weighted by Crippen LogP contribution is 2.29. The van der Waals surface area contributed by atoms with E-state index in [1.54, 1.807) is 50.5 Å². The van der Waals surface area contributed by atoms with E-state index in [1.165, 1.54) is 21.3 Å². The number of likely N-dealkylation sites (N-methyl/N-ethyl adjacent to an activating group) is 1. The smallest absolute Gasteiger partial charge is 0.286 e. The molecular weight excluding hydrogens is 436 g/mol. The van der Waals surface area contributed by atoms with Gasteiger partial charge in [0, 0.05) is 50.7 Å². The van der Waals surface area contributed by atoms with Gasteiger partial charge in [-0.3, -0.25) is 9.59 Å². The molecule has 0 spiro atoms. The predicted molar refractivity (Wildman–Crippen MR) is 122 cm³/mol. The van der Waals surface area contributed by atoms with Gasteiger partial charge in [-0.05, 0) is 49.1 Å². The molecule has 1 aliphatic rings. The molecular formula is C21H26N4O4S2. The van der Waals surface area contributed by atoms with E-state index >= 15 is 0 Å². The summed E-state index contributed by atoms with van der Waals surface area (Å²) in [5.41, 5.74) is 0.717. The van der Waals surface area contributed by atoms with Crippen LogP contribution in [-0.4, -0.2) is 81.0 Å². The average Bonchev–Trinajstić information content (AvgIpc) is 2.75. The van der Waals surface area contributed by atoms with Gasteiger partial charge in [0.15, 0.2) is 0 Å². The number of amides is 2. The normalized spacial score (nSPS) is 15.5. The first-order valence-electron chi connectivity index (χ1n) is 9.77. The van der Waals surface area contributed by atoms with E-state index in [9.17, 15) is 18.0 Å². The van der Waals surface area contributed by atoms with Crippen LogP contribution < -0.4 is 5.32 Å². The number of sulfonamides is 1. The van der Waals surface area contributed by atoms with E-state index < -0.39 is 15.9 Å². The Labute approximate surface area is 187 Å². The molecule has 2 amide bonds. The van der Waals surface area contributed by atoms with Crippen molar-refractivity contribution in [1.82, 2.24) is 14.1 Å². The molecule has 3 rings (SSSR count). The van der Waals surface area contributed by atoms with E-state index in [0.29, 0.717) is 36.8 Å². The van der Waals surface area contributed by atoms with Crippen molar-refractivity contribution in [3.8, 4) is 0 Å². The largest absolute Gasteiger partial charge is 0.339 e. The Balaban J connectivity index is 1.79. The zero-order chi connectivity index (χ0) is 22.6. The van der Waals surface area contributed by atoms with Gasteiger partial charge in [-0.1, -0.05) is 18.2 Å². The van der Waals surface area contributed by atoms with Gasteiger partial charge in [-0.15, -0.1) is 0 Å². The summed E-state index contributed by atoms with van der Waals surface area (Å²) in [5.74, 6) is -0.444. The Kier molecular flexibility index (Phi) is 7.37. The lowest BCUT2D eigenvalue weighted by molar-refractivity contribution is 0.102. The molecule has 0 bridgehead atoms. The van der Waals surface area contributed by atoms with Gasteiger partial charge in [0.25, 0.3) is 11.1 Å². The zero-order valence-corrected chi connectivity index (χ0v) is 19.4. The number of carbonyl (C=O) groups excluding carboxylic acids is 2. The maximum absolute atomic E-state index is 13.0. The number of rotatable bonds is 5. The summed E-state index contributed by atoms with van der Waals surface area (Å²) in [7, 11) is 1.59. The first-order chi connectivity index (χ1) is 14.7. The van der Waals surface area contributed by atoms with Crippen molar-refractivity contribution in [2.75, 3.05) is 52.6 Å². The van der Waals surface area contributed by atoms with E-state index in [4.69, 9.17) is 0 Å². The SMILES string of the molecule is CN1CCN(S(=O)(=O)c2cccc(C(=O)Nc3ccccc3SC(=O)N(C)C)c2)CC1. The lowest BCUT2D eigenvalue weighted by Gasteiger charge is -2.31. The van der Waals surface area contributed by atoms with Crippen molar-refractivity contribution in [2.45, 2.75) is 9.79 Å². The van der Waals surface area contributed by atoms with Gasteiger partial charge in [-0.2, -0.15) is 4.31 Å². The third kappa shape index (κ3) is 5.65. The van der Waals surface area contributed by atoms with Crippen LogP contribution in [0.25, 0.3) is 0 Å². The number of nitrogens with one attached hydrogen (secondary N) is 1. The lowest BCUT2D eigenvalue weighted by Crippen LogP contribution is -2.47. The summed E-state index contributed by atoms with van der Waals surface area (Å²) in [4.78, 5) is 29.1. The number of thioether (sulfide) groups is 1. The van der Waals surface area contributed by atoms with Gasteiger partial charge >= 0.3 is 0 Å². The number of benzene rings is 2. The van der Waals surface area contributed by atoms with Crippen LogP contribution >= 0.6 is 11.8 Å². The molecule has 2 aromatic rings. The monoisotopic (exact) mass is 462 g/mol. The van der Waals surface area contributed by atoms with Crippen LogP contribution in [0.5, 0.6) is 0 Å². The summed E-state index contributed by atoms with van der Waals surface area (Å²) in [6.45, 7) is 2.17. The van der Waals surface area contributed by atoms with Crippen LogP contribution in [-0.2, 0) is 10.0 Å². The fourth-order valence-corrected chi connectivity index (χ4v) is 5.23. The highest BCUT2D eigenvalue weighted by atomic mass is 32.2. The third-order valence-corrected chi connectivity index (χ3v) is 7.90. The second-order valence-electron chi connectivity index (χ2n) is 7.45. The molecule has 0 aliphatic carbocycles. The molecule has 10 heteroatoms. The molecule has 1 heterocycles. The van der Waals surface area contributed by atoms with Gasteiger partial charge < -0.3 is 15.1 Å². The Bertz CT molecular complexity index is 1060. The molecule has 0 unspecified atom stereocenters. The molecule has 1 fully saturated rings. The van der Waals surface area contributed by atoms with Gasteiger partial charge in [0.05, 0.1) is 10.6 Å². The number of nitrogens with zero attached hydrogens (tertiary/aromatic N) is 3. The Morgan fingerprint density at radius 3 is 2.35 bits per heavy atom. The van der Waals surface area contributed by atoms with Crippen LogP contribution in [0.3, 0.4) is 0 Å². The average molecular weight is 463 g/mol. The minimum Gasteiger partial charge on any atom is -0.339 e. The molecule has 0 saturated carbocycles. The molecule has 0 aromatic heterocycles. The van der Waals surface area contributed by atoms with Crippen molar-refractivity contribution in [1.29, 1.82) is 0 Å². The van der Waals surface area contributed by atoms with Crippen LogP contribution in [0, 0.1) is 0 Å². The first kappa shape index (κ1) is 23.3. The van der Waals surface area contributed by atoms with Crippen LogP contribution in [0.4, 0.5) is 10.5 Å². The summed E-state index contributed by atoms with van der Waals surface area (Å²) in [6.07, 6.45) is 0. The highest BCUT2D eigenvalue weighted by molar-refractivity contribution is 8.13. The summed E-state index contributed by atoms with van der Waals surface area (Å²) >= 11 is 1.01. The van der Waals surface area contributed by atoms with Crippen LogP contribution in [0.15, 0.2) is 58.3 Å². The number of anilines is 1. The minimum absolute atomic E-state index is 0.0927. The topological polar surface area (TPSA) is 90.0 Å². The fourth-order valence-electron chi connectivity index (χ4n) is 3.01. The Morgan fingerprint density at radius 2 is 1.68 bits per heavy atom. The van der Waals surface area contributed by atoms with E-state index in [1.807, 2.05) is 7.05 Å². The van der Waals surface area contributed by atoms with E-state index in [2.05, 4.69) is 10.2 Å². The standard InChI is InChI=1S/C21H26N4O4S2/c1-23(2)21(27)30-19-10-5-4-9-18(19)22-20(26)16-7-6-8-17(15-16)31(28,29)25-13-11-24(3)12-14-25/h4-10,15H,11-14H2,1-3H3,(H,22,26). The zero-order valence-electron chi connectivity index (χ0n) is 17.7. The molecule has 166 valence electrons. The van der Waals surface area contributed by atoms with Gasteiger partial charge in [0.1, 0.15) is 0 Å². The maximum Gasteiger partial charge on any atom is 0.286 e. The molecule has 1 N–H and O–H groups in total. The second-order valence-corrected chi connectivity index (χ2v) is 10.4. The first-order valence-corrected chi connectivity index (χ1v) is 12.0. The summed E-state index contributed by atoms with van der Waals surface area (Å²) < 4.78 is 27.4. The fraction of sp³-hybridized carbons (Fsp3) is 0.333. The van der Waals surface area contributed by atoms with Crippen LogP contribution in [0.2, 0.25) is 0 Å². The molecule has 8 nitrogen and oxygen atoms in total. The molecule has 0 radical (unpaired) electrons.